The van der Waals surface area contributed by atoms with Crippen LogP contribution < -0.4 is 10.6 Å². The van der Waals surface area contributed by atoms with Crippen LogP contribution in [0.25, 0.3) is 0 Å². The highest BCUT2D eigenvalue weighted by atomic mass is 16.2. The number of anilines is 1. The molecule has 0 spiro atoms. The lowest BCUT2D eigenvalue weighted by Crippen LogP contribution is -2.54. The van der Waals surface area contributed by atoms with Gasteiger partial charge in [-0.25, -0.2) is 4.98 Å². The minimum Gasteiger partial charge on any atom is -0.353 e. The molecule has 6 heteroatoms. The number of hydrogen-bond donors (Lipinski definition) is 1. The number of carbonyl (C=O) groups is 1. The number of nitrogens with two attached hydrogens (primary N) is 1. The standard InChI is InChI=1S/C18H31N5O/c1-5-14(2)17(19)18(24)23-10-8-22(9-11-23)16-7-6-15(12-20-16)13-21(3)4/h6-7,12,14,17H,5,8-11,13,19H2,1-4H3. The molecule has 1 amide bonds. The van der Waals surface area contributed by atoms with Gasteiger partial charge in [0.1, 0.15) is 5.82 Å². The van der Waals surface area contributed by atoms with Gasteiger partial charge < -0.3 is 20.4 Å². The van der Waals surface area contributed by atoms with Gasteiger partial charge in [-0.05, 0) is 31.6 Å². The molecule has 1 fully saturated rings. The fourth-order valence-electron chi connectivity index (χ4n) is 2.93. The lowest BCUT2D eigenvalue weighted by molar-refractivity contribution is -0.134. The Kier molecular flexibility index (Phi) is 6.57. The van der Waals surface area contributed by atoms with E-state index in [0.29, 0.717) is 13.1 Å². The summed E-state index contributed by atoms with van der Waals surface area (Å²) in [6.07, 6.45) is 2.86. The number of piperazine rings is 1. The van der Waals surface area contributed by atoms with Gasteiger partial charge >= 0.3 is 0 Å². The van der Waals surface area contributed by atoms with Crippen LogP contribution in [0.5, 0.6) is 0 Å². The van der Waals surface area contributed by atoms with Crippen LogP contribution in [-0.4, -0.2) is 67.0 Å². The van der Waals surface area contributed by atoms with Gasteiger partial charge in [-0.3, -0.25) is 4.79 Å². The Morgan fingerprint density at radius 3 is 2.46 bits per heavy atom. The van der Waals surface area contributed by atoms with E-state index in [0.717, 1.165) is 31.9 Å². The number of hydrogen-bond acceptors (Lipinski definition) is 5. The minimum atomic E-state index is -0.384. The van der Waals surface area contributed by atoms with E-state index in [2.05, 4.69) is 33.8 Å². The fraction of sp³-hybridized carbons (Fsp3) is 0.667. The Bertz CT molecular complexity index is 523. The summed E-state index contributed by atoms with van der Waals surface area (Å²) in [4.78, 5) is 23.3. The predicted octanol–water partition coefficient (Wildman–Crippen LogP) is 1.17. The van der Waals surface area contributed by atoms with Crippen LogP contribution in [0.1, 0.15) is 25.8 Å². The molecule has 0 radical (unpaired) electrons. The number of carbonyl (C=O) groups excluding carboxylic acids is 1. The third-order valence-corrected chi connectivity index (χ3v) is 4.77. The number of pyridine rings is 1. The van der Waals surface area contributed by atoms with Crippen LogP contribution >= 0.6 is 0 Å². The number of nitrogens with zero attached hydrogens (tertiary/aromatic N) is 4. The van der Waals surface area contributed by atoms with Crippen molar-refractivity contribution in [2.24, 2.45) is 11.7 Å². The van der Waals surface area contributed by atoms with Crippen molar-refractivity contribution in [1.82, 2.24) is 14.8 Å². The van der Waals surface area contributed by atoms with Crippen molar-refractivity contribution in [1.29, 1.82) is 0 Å². The van der Waals surface area contributed by atoms with E-state index in [1.807, 2.05) is 32.1 Å². The van der Waals surface area contributed by atoms with E-state index >= 15 is 0 Å². The van der Waals surface area contributed by atoms with Gasteiger partial charge in [0.15, 0.2) is 0 Å². The largest absolute Gasteiger partial charge is 0.353 e. The first-order chi connectivity index (χ1) is 11.4. The predicted molar refractivity (Wildman–Crippen MR) is 97.9 cm³/mol. The molecular formula is C18H31N5O. The van der Waals surface area contributed by atoms with Crippen LogP contribution in [0.4, 0.5) is 5.82 Å². The molecule has 0 aliphatic carbocycles. The normalized spacial score (nSPS) is 17.9. The zero-order valence-electron chi connectivity index (χ0n) is 15.4. The summed E-state index contributed by atoms with van der Waals surface area (Å²) in [5.74, 6) is 1.29. The molecule has 134 valence electrons. The Morgan fingerprint density at radius 1 is 1.29 bits per heavy atom. The Balaban J connectivity index is 1.89. The maximum absolute atomic E-state index is 12.5. The average molecular weight is 333 g/mol. The molecule has 1 aliphatic rings. The quantitative estimate of drug-likeness (QED) is 0.846. The first-order valence-electron chi connectivity index (χ1n) is 8.81. The van der Waals surface area contributed by atoms with Crippen molar-refractivity contribution in [3.63, 3.8) is 0 Å². The second-order valence-electron chi connectivity index (χ2n) is 6.99. The Labute approximate surface area is 145 Å². The summed E-state index contributed by atoms with van der Waals surface area (Å²) >= 11 is 0. The summed E-state index contributed by atoms with van der Waals surface area (Å²) in [7, 11) is 4.10. The SMILES string of the molecule is CCC(C)C(N)C(=O)N1CCN(c2ccc(CN(C)C)cn2)CC1. The first kappa shape index (κ1) is 18.7. The minimum absolute atomic E-state index is 0.0818. The zero-order valence-corrected chi connectivity index (χ0v) is 15.4. The zero-order chi connectivity index (χ0) is 17.7. The molecule has 1 aromatic rings. The second-order valence-corrected chi connectivity index (χ2v) is 6.99. The third kappa shape index (κ3) is 4.68. The van der Waals surface area contributed by atoms with Crippen LogP contribution in [0.15, 0.2) is 18.3 Å². The molecule has 2 atom stereocenters. The van der Waals surface area contributed by atoms with Gasteiger partial charge in [0.25, 0.3) is 0 Å². The molecule has 1 saturated heterocycles. The van der Waals surface area contributed by atoms with Crippen molar-refractivity contribution in [3.05, 3.63) is 23.9 Å². The topological polar surface area (TPSA) is 65.7 Å². The molecule has 2 unspecified atom stereocenters. The lowest BCUT2D eigenvalue weighted by atomic mass is 9.98. The van der Waals surface area contributed by atoms with Crippen molar-refractivity contribution < 1.29 is 4.79 Å². The molecule has 1 aliphatic heterocycles. The van der Waals surface area contributed by atoms with E-state index < -0.39 is 0 Å². The van der Waals surface area contributed by atoms with Gasteiger partial charge in [0, 0.05) is 38.9 Å². The number of aromatic nitrogens is 1. The van der Waals surface area contributed by atoms with Crippen LogP contribution in [0.3, 0.4) is 0 Å². The maximum Gasteiger partial charge on any atom is 0.239 e. The van der Waals surface area contributed by atoms with Gasteiger partial charge in [-0.15, -0.1) is 0 Å². The van der Waals surface area contributed by atoms with Crippen molar-refractivity contribution in [2.75, 3.05) is 45.2 Å². The summed E-state index contributed by atoms with van der Waals surface area (Å²) < 4.78 is 0. The van der Waals surface area contributed by atoms with Crippen LogP contribution in [0.2, 0.25) is 0 Å². The smallest absolute Gasteiger partial charge is 0.239 e. The second kappa shape index (κ2) is 8.44. The van der Waals surface area contributed by atoms with Crippen LogP contribution in [-0.2, 0) is 11.3 Å². The molecule has 2 rings (SSSR count). The van der Waals surface area contributed by atoms with Gasteiger partial charge in [0.05, 0.1) is 6.04 Å². The molecular weight excluding hydrogens is 302 g/mol. The average Bonchev–Trinajstić information content (AvgIpc) is 2.60. The van der Waals surface area contributed by atoms with Gasteiger partial charge in [-0.1, -0.05) is 26.3 Å². The first-order valence-corrected chi connectivity index (χ1v) is 8.81. The fourth-order valence-corrected chi connectivity index (χ4v) is 2.93. The number of amides is 1. The third-order valence-electron chi connectivity index (χ3n) is 4.77. The lowest BCUT2D eigenvalue weighted by Gasteiger charge is -2.37. The van der Waals surface area contributed by atoms with Gasteiger partial charge in [-0.2, -0.15) is 0 Å². The van der Waals surface area contributed by atoms with Crippen molar-refractivity contribution >= 4 is 11.7 Å². The molecule has 0 saturated carbocycles. The summed E-state index contributed by atoms with van der Waals surface area (Å²) in [6, 6.07) is 3.81. The molecule has 2 heterocycles. The highest BCUT2D eigenvalue weighted by molar-refractivity contribution is 5.82. The molecule has 6 nitrogen and oxygen atoms in total. The molecule has 0 bridgehead atoms. The van der Waals surface area contributed by atoms with Crippen LogP contribution in [0, 0.1) is 5.92 Å². The highest BCUT2D eigenvalue weighted by Crippen LogP contribution is 2.16. The van der Waals surface area contributed by atoms with E-state index in [1.165, 1.54) is 5.56 Å². The molecule has 24 heavy (non-hydrogen) atoms. The van der Waals surface area contributed by atoms with Crippen molar-refractivity contribution in [2.45, 2.75) is 32.9 Å². The van der Waals surface area contributed by atoms with E-state index in [4.69, 9.17) is 5.73 Å². The highest BCUT2D eigenvalue weighted by Gasteiger charge is 2.28. The summed E-state index contributed by atoms with van der Waals surface area (Å²) in [5.41, 5.74) is 7.29. The van der Waals surface area contributed by atoms with E-state index in [1.54, 1.807) is 0 Å². The Hall–Kier alpha value is -1.66. The Morgan fingerprint density at radius 2 is 1.96 bits per heavy atom. The molecule has 0 aromatic carbocycles. The molecule has 1 aromatic heterocycles. The maximum atomic E-state index is 12.5. The monoisotopic (exact) mass is 333 g/mol. The molecule has 2 N–H and O–H groups in total. The summed E-state index contributed by atoms with van der Waals surface area (Å²) in [6.45, 7) is 8.04. The summed E-state index contributed by atoms with van der Waals surface area (Å²) in [5, 5.41) is 0. The number of rotatable bonds is 6. The van der Waals surface area contributed by atoms with E-state index in [9.17, 15) is 4.79 Å². The van der Waals surface area contributed by atoms with Gasteiger partial charge in [0.2, 0.25) is 5.91 Å². The van der Waals surface area contributed by atoms with E-state index in [-0.39, 0.29) is 17.9 Å². The van der Waals surface area contributed by atoms with Crippen molar-refractivity contribution in [3.8, 4) is 0 Å².